The van der Waals surface area contributed by atoms with E-state index in [0.29, 0.717) is 5.92 Å². The zero-order valence-electron chi connectivity index (χ0n) is 10.7. The molecule has 1 saturated heterocycles. The molecule has 5 heteroatoms. The first-order valence-electron chi connectivity index (χ1n) is 6.56. The Balaban J connectivity index is 2.03. The Labute approximate surface area is 136 Å². The highest BCUT2D eigenvalue weighted by Gasteiger charge is 2.24. The molecule has 0 saturated carbocycles. The Morgan fingerprint density at radius 3 is 2.74 bits per heavy atom. The summed E-state index contributed by atoms with van der Waals surface area (Å²) in [5.41, 5.74) is 6.36. The number of hydrogen-bond acceptors (Lipinski definition) is 2. The van der Waals surface area contributed by atoms with Gasteiger partial charge in [0.25, 0.3) is 5.91 Å². The third-order valence-corrected chi connectivity index (χ3v) is 5.00. The van der Waals surface area contributed by atoms with Gasteiger partial charge in [-0.15, -0.1) is 0 Å². The summed E-state index contributed by atoms with van der Waals surface area (Å²) in [7, 11) is 0. The predicted molar refractivity (Wildman–Crippen MR) is 89.2 cm³/mol. The molecule has 1 heterocycles. The van der Waals surface area contributed by atoms with Crippen LogP contribution in [-0.2, 0) is 0 Å². The van der Waals surface area contributed by atoms with Crippen LogP contribution in [0.15, 0.2) is 22.7 Å². The molecule has 1 fully saturated rings. The molecule has 2 rings (SSSR count). The monoisotopic (exact) mass is 436 g/mol. The Hall–Kier alpha value is -0.140. The summed E-state index contributed by atoms with van der Waals surface area (Å²) in [6, 6.07) is 5.88. The molecule has 2 N–H and O–H groups in total. The number of hydrogen-bond donors (Lipinski definition) is 1. The van der Waals surface area contributed by atoms with E-state index in [4.69, 9.17) is 5.73 Å². The van der Waals surface area contributed by atoms with Crippen LogP contribution in [0, 0.1) is 9.49 Å². The Morgan fingerprint density at radius 2 is 2.11 bits per heavy atom. The van der Waals surface area contributed by atoms with E-state index in [1.807, 2.05) is 23.1 Å². The van der Waals surface area contributed by atoms with Crippen molar-refractivity contribution in [3.63, 3.8) is 0 Å². The summed E-state index contributed by atoms with van der Waals surface area (Å²) < 4.78 is 1.96. The molecule has 1 amide bonds. The fraction of sp³-hybridized carbons (Fsp3) is 0.500. The average molecular weight is 437 g/mol. The lowest BCUT2D eigenvalue weighted by molar-refractivity contribution is 0.0687. The second kappa shape index (κ2) is 7.04. The molecule has 104 valence electrons. The van der Waals surface area contributed by atoms with E-state index in [-0.39, 0.29) is 5.91 Å². The number of piperidine rings is 1. The third-order valence-electron chi connectivity index (χ3n) is 3.64. The molecular weight excluding hydrogens is 419 g/mol. The molecule has 19 heavy (non-hydrogen) atoms. The predicted octanol–water partition coefficient (Wildman–Crippen LogP) is 3.25. The van der Waals surface area contributed by atoms with Gasteiger partial charge in [0.2, 0.25) is 0 Å². The highest BCUT2D eigenvalue weighted by atomic mass is 127. The van der Waals surface area contributed by atoms with Gasteiger partial charge in [-0.3, -0.25) is 4.79 Å². The number of nitrogens with zero attached hydrogens (tertiary/aromatic N) is 1. The summed E-state index contributed by atoms with van der Waals surface area (Å²) in [6.07, 6.45) is 3.23. The van der Waals surface area contributed by atoms with Crippen molar-refractivity contribution in [1.29, 1.82) is 0 Å². The van der Waals surface area contributed by atoms with E-state index < -0.39 is 0 Å². The van der Waals surface area contributed by atoms with Crippen LogP contribution >= 0.6 is 38.5 Å². The summed E-state index contributed by atoms with van der Waals surface area (Å²) in [4.78, 5) is 14.5. The van der Waals surface area contributed by atoms with E-state index >= 15 is 0 Å². The molecule has 0 spiro atoms. The molecule has 0 radical (unpaired) electrons. The van der Waals surface area contributed by atoms with Crippen molar-refractivity contribution in [2.75, 3.05) is 19.6 Å². The van der Waals surface area contributed by atoms with Crippen LogP contribution in [0.1, 0.15) is 29.6 Å². The topological polar surface area (TPSA) is 46.3 Å². The van der Waals surface area contributed by atoms with Crippen molar-refractivity contribution < 1.29 is 4.79 Å². The van der Waals surface area contributed by atoms with Gasteiger partial charge in [-0.25, -0.2) is 0 Å². The standard InChI is InChI=1S/C14H18BrIN2O/c15-13-2-1-11(16)9-12(13)14(19)18-7-4-10(3-6-17)5-8-18/h1-2,9-10H,3-8,17H2. The van der Waals surface area contributed by atoms with Crippen LogP contribution in [0.2, 0.25) is 0 Å². The minimum atomic E-state index is 0.136. The SMILES string of the molecule is NCCC1CCN(C(=O)c2cc(I)ccc2Br)CC1. The molecule has 0 unspecified atom stereocenters. The maximum Gasteiger partial charge on any atom is 0.255 e. The lowest BCUT2D eigenvalue weighted by atomic mass is 9.93. The molecule has 1 aromatic rings. The van der Waals surface area contributed by atoms with Gasteiger partial charge in [0.1, 0.15) is 0 Å². The smallest absolute Gasteiger partial charge is 0.255 e. The van der Waals surface area contributed by atoms with Crippen LogP contribution in [0.25, 0.3) is 0 Å². The van der Waals surface area contributed by atoms with Gasteiger partial charge in [0, 0.05) is 21.1 Å². The van der Waals surface area contributed by atoms with Crippen LogP contribution in [-0.4, -0.2) is 30.4 Å². The van der Waals surface area contributed by atoms with Crippen LogP contribution in [0.4, 0.5) is 0 Å². The van der Waals surface area contributed by atoms with Gasteiger partial charge in [-0.05, 0) is 88.4 Å². The van der Waals surface area contributed by atoms with Gasteiger partial charge in [0.05, 0.1) is 5.56 Å². The molecular formula is C14H18BrIN2O. The number of halogens is 2. The van der Waals surface area contributed by atoms with Crippen molar-refractivity contribution in [2.24, 2.45) is 11.7 Å². The Morgan fingerprint density at radius 1 is 1.42 bits per heavy atom. The van der Waals surface area contributed by atoms with Gasteiger partial charge < -0.3 is 10.6 Å². The highest BCUT2D eigenvalue weighted by molar-refractivity contribution is 14.1. The van der Waals surface area contributed by atoms with Gasteiger partial charge in [-0.1, -0.05) is 0 Å². The molecule has 1 aromatic carbocycles. The molecule has 0 aliphatic carbocycles. The Kier molecular flexibility index (Phi) is 5.65. The molecule has 3 nitrogen and oxygen atoms in total. The number of carbonyl (C=O) groups excluding carboxylic acids is 1. The number of rotatable bonds is 3. The van der Waals surface area contributed by atoms with Gasteiger partial charge in [0.15, 0.2) is 0 Å². The number of benzene rings is 1. The number of amides is 1. The average Bonchev–Trinajstić information content (AvgIpc) is 2.42. The van der Waals surface area contributed by atoms with Crippen molar-refractivity contribution in [3.8, 4) is 0 Å². The lowest BCUT2D eigenvalue weighted by Crippen LogP contribution is -2.39. The van der Waals surface area contributed by atoms with Crippen molar-refractivity contribution in [1.82, 2.24) is 4.90 Å². The molecule has 0 bridgehead atoms. The summed E-state index contributed by atoms with van der Waals surface area (Å²) in [6.45, 7) is 2.45. The molecule has 0 aromatic heterocycles. The second-order valence-electron chi connectivity index (χ2n) is 4.94. The van der Waals surface area contributed by atoms with Crippen molar-refractivity contribution in [2.45, 2.75) is 19.3 Å². The summed E-state index contributed by atoms with van der Waals surface area (Å²) in [5, 5.41) is 0. The van der Waals surface area contributed by atoms with Crippen molar-refractivity contribution in [3.05, 3.63) is 31.8 Å². The maximum atomic E-state index is 12.5. The van der Waals surface area contributed by atoms with Crippen molar-refractivity contribution >= 4 is 44.4 Å². The quantitative estimate of drug-likeness (QED) is 0.739. The second-order valence-corrected chi connectivity index (χ2v) is 7.04. The fourth-order valence-corrected chi connectivity index (χ4v) is 3.40. The third kappa shape index (κ3) is 3.92. The van der Waals surface area contributed by atoms with E-state index in [2.05, 4.69) is 38.5 Å². The first kappa shape index (κ1) is 15.3. The van der Waals surface area contributed by atoms with Crippen LogP contribution in [0.3, 0.4) is 0 Å². The molecule has 1 aliphatic heterocycles. The first-order chi connectivity index (χ1) is 9.11. The largest absolute Gasteiger partial charge is 0.339 e. The first-order valence-corrected chi connectivity index (χ1v) is 8.43. The summed E-state index contributed by atoms with van der Waals surface area (Å²) in [5.74, 6) is 0.824. The van der Waals surface area contributed by atoms with E-state index in [1.165, 1.54) is 0 Å². The molecule has 1 aliphatic rings. The van der Waals surface area contributed by atoms with Gasteiger partial charge in [-0.2, -0.15) is 0 Å². The zero-order valence-corrected chi connectivity index (χ0v) is 14.5. The Bertz CT molecular complexity index is 459. The van der Waals surface area contributed by atoms with Gasteiger partial charge >= 0.3 is 0 Å². The minimum Gasteiger partial charge on any atom is -0.339 e. The van der Waals surface area contributed by atoms with E-state index in [9.17, 15) is 4.79 Å². The minimum absolute atomic E-state index is 0.136. The highest BCUT2D eigenvalue weighted by Crippen LogP contribution is 2.25. The number of likely N-dealkylation sites (tertiary alicyclic amines) is 1. The molecule has 0 atom stereocenters. The van der Waals surface area contributed by atoms with Crippen LogP contribution in [0.5, 0.6) is 0 Å². The maximum absolute atomic E-state index is 12.5. The van der Waals surface area contributed by atoms with E-state index in [1.54, 1.807) is 0 Å². The fourth-order valence-electron chi connectivity index (χ4n) is 2.49. The summed E-state index contributed by atoms with van der Waals surface area (Å²) >= 11 is 5.70. The number of carbonyl (C=O) groups is 1. The number of nitrogens with two attached hydrogens (primary N) is 1. The zero-order chi connectivity index (χ0) is 13.8. The normalized spacial score (nSPS) is 16.7. The van der Waals surface area contributed by atoms with Crippen LogP contribution < -0.4 is 5.73 Å². The van der Waals surface area contributed by atoms with E-state index in [0.717, 1.165) is 52.5 Å². The lowest BCUT2D eigenvalue weighted by Gasteiger charge is -2.32.